The van der Waals surface area contributed by atoms with Gasteiger partial charge in [0.2, 0.25) is 0 Å². The van der Waals surface area contributed by atoms with E-state index in [0.717, 1.165) is 20.9 Å². The first-order valence-corrected chi connectivity index (χ1v) is 9.38. The zero-order chi connectivity index (χ0) is 15.7. The van der Waals surface area contributed by atoms with E-state index in [-0.39, 0.29) is 5.75 Å². The van der Waals surface area contributed by atoms with Gasteiger partial charge in [-0.1, -0.05) is 6.92 Å². The number of anilines is 1. The third-order valence-electron chi connectivity index (χ3n) is 3.29. The first-order chi connectivity index (χ1) is 9.79. The number of halogens is 4. The predicted molar refractivity (Wildman–Crippen MR) is 102 cm³/mol. The van der Waals surface area contributed by atoms with E-state index in [0.29, 0.717) is 20.6 Å². The van der Waals surface area contributed by atoms with Gasteiger partial charge in [0.15, 0.2) is 0 Å². The van der Waals surface area contributed by atoms with Gasteiger partial charge in [0, 0.05) is 8.95 Å². The molecule has 1 atom stereocenters. The molecule has 0 fully saturated rings. The number of rotatable bonds is 3. The van der Waals surface area contributed by atoms with Gasteiger partial charge in [-0.15, -0.1) is 0 Å². The average Bonchev–Trinajstić information content (AvgIpc) is 2.41. The summed E-state index contributed by atoms with van der Waals surface area (Å²) in [4.78, 5) is 0. The molecule has 3 N–H and O–H groups in total. The molecule has 0 saturated carbocycles. The third kappa shape index (κ3) is 4.03. The molecule has 112 valence electrons. The molecule has 0 aliphatic heterocycles. The van der Waals surface area contributed by atoms with E-state index < -0.39 is 0 Å². The molecule has 1 unspecified atom stereocenters. The van der Waals surface area contributed by atoms with Gasteiger partial charge in [-0.2, -0.15) is 0 Å². The fourth-order valence-electron chi connectivity index (χ4n) is 2.10. The number of nitrogens with two attached hydrogens (primary N) is 1. The maximum absolute atomic E-state index is 9.77. The number of phenols is 1. The van der Waals surface area contributed by atoms with E-state index in [4.69, 9.17) is 5.73 Å². The highest BCUT2D eigenvalue weighted by molar-refractivity contribution is 9.11. The van der Waals surface area contributed by atoms with Crippen LogP contribution in [0.2, 0.25) is 0 Å². The van der Waals surface area contributed by atoms with E-state index in [1.165, 1.54) is 5.56 Å². The Bertz CT molecular complexity index is 641. The Hall–Kier alpha value is -0.0400. The molecule has 2 rings (SSSR count). The largest absolute Gasteiger partial charge is 0.506 e. The second-order valence-electron chi connectivity index (χ2n) is 4.91. The number of aromatic hydroxyl groups is 1. The maximum atomic E-state index is 9.77. The smallest absolute Gasteiger partial charge is 0.143 e. The molecule has 2 aromatic carbocycles. The zero-order valence-corrected chi connectivity index (χ0v) is 17.5. The lowest BCUT2D eigenvalue weighted by molar-refractivity contribution is 0.468. The third-order valence-corrected chi connectivity index (χ3v) is 5.81. The van der Waals surface area contributed by atoms with Crippen LogP contribution in [0.3, 0.4) is 0 Å². The van der Waals surface area contributed by atoms with Crippen molar-refractivity contribution < 1.29 is 5.11 Å². The van der Waals surface area contributed by atoms with Gasteiger partial charge in [-0.25, -0.2) is 0 Å². The Kier molecular flexibility index (Phi) is 5.79. The van der Waals surface area contributed by atoms with Crippen LogP contribution >= 0.6 is 63.7 Å². The summed E-state index contributed by atoms with van der Waals surface area (Å²) in [5.41, 5.74) is 8.97. The molecule has 0 radical (unpaired) electrons. The summed E-state index contributed by atoms with van der Waals surface area (Å²) >= 11 is 13.7. The number of benzene rings is 2. The van der Waals surface area contributed by atoms with Gasteiger partial charge in [-0.3, -0.25) is 0 Å². The summed E-state index contributed by atoms with van der Waals surface area (Å²) in [7, 11) is 0. The van der Waals surface area contributed by atoms with Crippen molar-refractivity contribution in [3.05, 3.63) is 53.3 Å². The topological polar surface area (TPSA) is 46.2 Å². The number of hydrogen-bond acceptors (Lipinski definition) is 2. The van der Waals surface area contributed by atoms with E-state index in [2.05, 4.69) is 82.8 Å². The fourth-order valence-corrected chi connectivity index (χ4v) is 4.60. The average molecular weight is 543 g/mol. The second-order valence-corrected chi connectivity index (χ2v) is 8.33. The molecule has 0 aliphatic rings. The van der Waals surface area contributed by atoms with E-state index in [9.17, 15) is 5.11 Å². The molecular formula is C15H13Br4NO. The van der Waals surface area contributed by atoms with Crippen molar-refractivity contribution in [1.29, 1.82) is 0 Å². The van der Waals surface area contributed by atoms with Crippen molar-refractivity contribution in [2.75, 3.05) is 5.73 Å². The van der Waals surface area contributed by atoms with Crippen molar-refractivity contribution in [2.24, 2.45) is 0 Å². The minimum Gasteiger partial charge on any atom is -0.506 e. The van der Waals surface area contributed by atoms with Crippen molar-refractivity contribution in [2.45, 2.75) is 19.3 Å². The standard InChI is InChI=1S/C15H13Br4NO/c1-7(9-5-10(16)14(20)11(17)6-9)2-8-3-12(18)15(21)13(19)4-8/h3-7,21H,2,20H2,1H3. The van der Waals surface area contributed by atoms with Crippen LogP contribution in [-0.2, 0) is 6.42 Å². The molecule has 2 nitrogen and oxygen atoms in total. The fraction of sp³-hybridized carbons (Fsp3) is 0.200. The quantitative estimate of drug-likeness (QED) is 0.443. The Morgan fingerprint density at radius 1 is 0.952 bits per heavy atom. The lowest BCUT2D eigenvalue weighted by Crippen LogP contribution is -2.00. The summed E-state index contributed by atoms with van der Waals surface area (Å²) in [6.07, 6.45) is 0.861. The zero-order valence-electron chi connectivity index (χ0n) is 11.1. The number of nitrogen functional groups attached to an aromatic ring is 1. The molecule has 0 aliphatic carbocycles. The first kappa shape index (κ1) is 17.3. The van der Waals surface area contributed by atoms with Crippen LogP contribution in [0.4, 0.5) is 5.69 Å². The van der Waals surface area contributed by atoms with Crippen LogP contribution in [0.25, 0.3) is 0 Å². The van der Waals surface area contributed by atoms with Crippen molar-refractivity contribution in [3.63, 3.8) is 0 Å². The Labute approximate surface area is 157 Å². The summed E-state index contributed by atoms with van der Waals surface area (Å²) in [5.74, 6) is 0.547. The lowest BCUT2D eigenvalue weighted by Gasteiger charge is -2.15. The monoisotopic (exact) mass is 539 g/mol. The summed E-state index contributed by atoms with van der Waals surface area (Å²) < 4.78 is 3.18. The van der Waals surface area contributed by atoms with Gasteiger partial charge in [0.1, 0.15) is 5.75 Å². The highest BCUT2D eigenvalue weighted by Crippen LogP contribution is 2.36. The molecule has 0 aromatic heterocycles. The van der Waals surface area contributed by atoms with Gasteiger partial charge in [0.05, 0.1) is 14.6 Å². The van der Waals surface area contributed by atoms with E-state index in [1.807, 2.05) is 12.1 Å². The van der Waals surface area contributed by atoms with E-state index in [1.54, 1.807) is 0 Å². The van der Waals surface area contributed by atoms with Crippen LogP contribution in [0.5, 0.6) is 5.75 Å². The van der Waals surface area contributed by atoms with Crippen LogP contribution in [0, 0.1) is 0 Å². The molecular weight excluding hydrogens is 530 g/mol. The van der Waals surface area contributed by atoms with Crippen LogP contribution in [-0.4, -0.2) is 5.11 Å². The molecule has 21 heavy (non-hydrogen) atoms. The summed E-state index contributed by atoms with van der Waals surface area (Å²) in [6.45, 7) is 2.17. The highest BCUT2D eigenvalue weighted by Gasteiger charge is 2.13. The van der Waals surface area contributed by atoms with Gasteiger partial charge >= 0.3 is 0 Å². The Balaban J connectivity index is 2.28. The van der Waals surface area contributed by atoms with Gasteiger partial charge < -0.3 is 10.8 Å². The van der Waals surface area contributed by atoms with Gasteiger partial charge in [-0.05, 0) is 111 Å². The predicted octanol–water partition coefficient (Wildman–Crippen LogP) is 6.37. The highest BCUT2D eigenvalue weighted by atomic mass is 79.9. The molecule has 0 bridgehead atoms. The summed E-state index contributed by atoms with van der Waals surface area (Å²) in [6, 6.07) is 7.99. The van der Waals surface area contributed by atoms with E-state index >= 15 is 0 Å². The Morgan fingerprint density at radius 3 is 1.90 bits per heavy atom. The number of hydrogen-bond donors (Lipinski definition) is 2. The normalized spacial score (nSPS) is 12.4. The lowest BCUT2D eigenvalue weighted by atomic mass is 9.93. The van der Waals surface area contributed by atoms with Crippen LogP contribution < -0.4 is 5.73 Å². The molecule has 6 heteroatoms. The second kappa shape index (κ2) is 7.02. The van der Waals surface area contributed by atoms with Crippen molar-refractivity contribution in [3.8, 4) is 5.75 Å². The molecule has 0 saturated heterocycles. The first-order valence-electron chi connectivity index (χ1n) is 6.21. The van der Waals surface area contributed by atoms with Crippen LogP contribution in [0.15, 0.2) is 42.2 Å². The maximum Gasteiger partial charge on any atom is 0.143 e. The Morgan fingerprint density at radius 2 is 1.43 bits per heavy atom. The van der Waals surface area contributed by atoms with Crippen molar-refractivity contribution in [1.82, 2.24) is 0 Å². The van der Waals surface area contributed by atoms with Crippen molar-refractivity contribution >= 4 is 69.4 Å². The minimum absolute atomic E-state index is 0.226. The number of phenolic OH excluding ortho intramolecular Hbond substituents is 1. The molecule has 0 spiro atoms. The molecule has 0 heterocycles. The SMILES string of the molecule is CC(Cc1cc(Br)c(O)c(Br)c1)c1cc(Br)c(N)c(Br)c1. The molecule has 0 amide bonds. The molecule has 2 aromatic rings. The van der Waals surface area contributed by atoms with Crippen LogP contribution in [0.1, 0.15) is 24.0 Å². The summed E-state index contributed by atoms with van der Waals surface area (Å²) in [5, 5.41) is 9.77. The van der Waals surface area contributed by atoms with Gasteiger partial charge in [0.25, 0.3) is 0 Å². The minimum atomic E-state index is 0.226.